The highest BCUT2D eigenvalue weighted by molar-refractivity contribution is 7.99. The lowest BCUT2D eigenvalue weighted by atomic mass is 10.1. The van der Waals surface area contributed by atoms with E-state index in [9.17, 15) is 5.26 Å². The van der Waals surface area contributed by atoms with Crippen LogP contribution >= 0.6 is 11.8 Å². The van der Waals surface area contributed by atoms with Crippen LogP contribution in [0.1, 0.15) is 43.0 Å². The third kappa shape index (κ3) is 3.22. The first-order chi connectivity index (χ1) is 9.15. The number of nitrogens with one attached hydrogen (secondary N) is 1. The second-order valence-electron chi connectivity index (χ2n) is 5.09. The molecule has 0 radical (unpaired) electrons. The number of aryl methyl sites for hydroxylation is 2. The van der Waals surface area contributed by atoms with Gasteiger partial charge in [0, 0.05) is 17.0 Å². The van der Waals surface area contributed by atoms with Gasteiger partial charge in [0.15, 0.2) is 0 Å². The lowest BCUT2D eigenvalue weighted by Gasteiger charge is -2.22. The van der Waals surface area contributed by atoms with Gasteiger partial charge in [-0.15, -0.1) is 0 Å². The fraction of sp³-hybridized carbons (Fsp3) is 0.600. The van der Waals surface area contributed by atoms with Crippen LogP contribution in [0.4, 0.5) is 5.82 Å². The second kappa shape index (κ2) is 6.29. The van der Waals surface area contributed by atoms with Gasteiger partial charge in [0.05, 0.1) is 5.56 Å². The zero-order chi connectivity index (χ0) is 13.8. The number of nitrogens with zero attached hydrogens (tertiary/aromatic N) is 2. The van der Waals surface area contributed by atoms with Crippen molar-refractivity contribution in [3.05, 3.63) is 22.9 Å². The van der Waals surface area contributed by atoms with Crippen molar-refractivity contribution in [1.82, 2.24) is 4.98 Å². The smallest absolute Gasteiger partial charge is 0.144 e. The summed E-state index contributed by atoms with van der Waals surface area (Å²) in [4.78, 5) is 4.52. The Kier molecular flexibility index (Phi) is 4.71. The Balaban J connectivity index is 2.21. The quantitative estimate of drug-likeness (QED) is 0.911. The van der Waals surface area contributed by atoms with Crippen LogP contribution in [-0.4, -0.2) is 22.0 Å². The topological polar surface area (TPSA) is 48.7 Å². The Morgan fingerprint density at radius 3 is 2.95 bits per heavy atom. The third-order valence-electron chi connectivity index (χ3n) is 3.61. The average molecular weight is 275 g/mol. The lowest BCUT2D eigenvalue weighted by molar-refractivity contribution is 0.761. The molecule has 102 valence electrons. The molecule has 1 aromatic heterocycles. The van der Waals surface area contributed by atoms with E-state index in [2.05, 4.69) is 23.3 Å². The Bertz CT molecular complexity index is 493. The van der Waals surface area contributed by atoms with E-state index in [0.717, 1.165) is 22.8 Å². The van der Waals surface area contributed by atoms with Crippen LogP contribution in [0, 0.1) is 25.2 Å². The number of pyridine rings is 1. The number of hydrogen-bond donors (Lipinski definition) is 1. The van der Waals surface area contributed by atoms with Gasteiger partial charge in [-0.2, -0.15) is 17.0 Å². The highest BCUT2D eigenvalue weighted by Crippen LogP contribution is 2.32. The Morgan fingerprint density at radius 1 is 1.47 bits per heavy atom. The molecule has 1 heterocycles. The van der Waals surface area contributed by atoms with Gasteiger partial charge in [0.2, 0.25) is 0 Å². The first kappa shape index (κ1) is 14.2. The molecule has 4 heteroatoms. The van der Waals surface area contributed by atoms with E-state index in [4.69, 9.17) is 0 Å². The maximum absolute atomic E-state index is 9.30. The van der Waals surface area contributed by atoms with E-state index in [0.29, 0.717) is 16.9 Å². The van der Waals surface area contributed by atoms with Crippen molar-refractivity contribution in [3.8, 4) is 6.07 Å². The minimum atomic E-state index is 0.450. The molecular formula is C15H21N3S. The number of nitriles is 1. The highest BCUT2D eigenvalue weighted by atomic mass is 32.2. The fourth-order valence-electron chi connectivity index (χ4n) is 2.76. The van der Waals surface area contributed by atoms with E-state index < -0.39 is 0 Å². The summed E-state index contributed by atoms with van der Waals surface area (Å²) in [6.07, 6.45) is 3.71. The van der Waals surface area contributed by atoms with Gasteiger partial charge in [-0.1, -0.05) is 13.3 Å². The minimum absolute atomic E-state index is 0.450. The predicted octanol–water partition coefficient (Wildman–Crippen LogP) is 3.66. The van der Waals surface area contributed by atoms with Crippen LogP contribution in [0.5, 0.6) is 0 Å². The minimum Gasteiger partial charge on any atom is -0.365 e. The molecule has 0 saturated heterocycles. The summed E-state index contributed by atoms with van der Waals surface area (Å²) in [6, 6.07) is 4.70. The normalized spacial score (nSPS) is 22.2. The lowest BCUT2D eigenvalue weighted by Crippen LogP contribution is -2.27. The standard InChI is InChI=1S/C15H21N3S/c1-4-19-14-7-5-6-13(14)18-15-12(9-16)10(2)8-11(3)17-15/h8,13-14H,4-7H2,1-3H3,(H,17,18). The van der Waals surface area contributed by atoms with Crippen molar-refractivity contribution in [2.45, 2.75) is 51.3 Å². The molecule has 3 nitrogen and oxygen atoms in total. The predicted molar refractivity (Wildman–Crippen MR) is 81.6 cm³/mol. The highest BCUT2D eigenvalue weighted by Gasteiger charge is 2.28. The Hall–Kier alpha value is -1.21. The average Bonchev–Trinajstić information content (AvgIpc) is 2.77. The number of anilines is 1. The summed E-state index contributed by atoms with van der Waals surface area (Å²) >= 11 is 2.01. The molecule has 1 aromatic rings. The summed E-state index contributed by atoms with van der Waals surface area (Å²) in [5.74, 6) is 1.92. The summed E-state index contributed by atoms with van der Waals surface area (Å²) in [6.45, 7) is 6.16. The van der Waals surface area contributed by atoms with Gasteiger partial charge >= 0.3 is 0 Å². The molecule has 2 atom stereocenters. The molecule has 2 rings (SSSR count). The van der Waals surface area contributed by atoms with Crippen LogP contribution in [0.2, 0.25) is 0 Å². The molecule has 0 spiro atoms. The summed E-state index contributed by atoms with van der Waals surface area (Å²) in [5.41, 5.74) is 2.67. The van der Waals surface area contributed by atoms with Crippen LogP contribution in [0.25, 0.3) is 0 Å². The maximum Gasteiger partial charge on any atom is 0.144 e. The monoisotopic (exact) mass is 275 g/mol. The Morgan fingerprint density at radius 2 is 2.26 bits per heavy atom. The van der Waals surface area contributed by atoms with Crippen LogP contribution in [-0.2, 0) is 0 Å². The zero-order valence-electron chi connectivity index (χ0n) is 11.9. The molecule has 0 amide bonds. The van der Waals surface area contributed by atoms with Crippen molar-refractivity contribution < 1.29 is 0 Å². The third-order valence-corrected chi connectivity index (χ3v) is 4.94. The van der Waals surface area contributed by atoms with Crippen molar-refractivity contribution in [2.75, 3.05) is 11.1 Å². The number of aromatic nitrogens is 1. The molecule has 2 unspecified atom stereocenters. The molecule has 0 bridgehead atoms. The van der Waals surface area contributed by atoms with E-state index >= 15 is 0 Å². The number of rotatable bonds is 4. The first-order valence-electron chi connectivity index (χ1n) is 6.92. The molecule has 1 saturated carbocycles. The molecule has 1 aliphatic carbocycles. The molecule has 1 fully saturated rings. The van der Waals surface area contributed by atoms with Crippen molar-refractivity contribution in [2.24, 2.45) is 0 Å². The van der Waals surface area contributed by atoms with Gasteiger partial charge in [-0.05, 0) is 44.1 Å². The molecular weight excluding hydrogens is 254 g/mol. The Labute approximate surface area is 119 Å². The second-order valence-corrected chi connectivity index (χ2v) is 6.61. The van der Waals surface area contributed by atoms with E-state index in [1.165, 1.54) is 19.3 Å². The van der Waals surface area contributed by atoms with E-state index in [1.54, 1.807) is 0 Å². The van der Waals surface area contributed by atoms with Crippen molar-refractivity contribution in [3.63, 3.8) is 0 Å². The van der Waals surface area contributed by atoms with Crippen LogP contribution < -0.4 is 5.32 Å². The van der Waals surface area contributed by atoms with E-state index in [-0.39, 0.29) is 0 Å². The SMILES string of the molecule is CCSC1CCCC1Nc1nc(C)cc(C)c1C#N. The summed E-state index contributed by atoms with van der Waals surface area (Å²) < 4.78 is 0. The largest absolute Gasteiger partial charge is 0.365 e. The fourth-order valence-corrected chi connectivity index (χ4v) is 3.96. The van der Waals surface area contributed by atoms with Crippen molar-refractivity contribution in [1.29, 1.82) is 5.26 Å². The summed E-state index contributed by atoms with van der Waals surface area (Å²) in [7, 11) is 0. The first-order valence-corrected chi connectivity index (χ1v) is 7.97. The van der Waals surface area contributed by atoms with Gasteiger partial charge in [0.1, 0.15) is 11.9 Å². The number of thioether (sulfide) groups is 1. The van der Waals surface area contributed by atoms with Gasteiger partial charge in [0.25, 0.3) is 0 Å². The van der Waals surface area contributed by atoms with Gasteiger partial charge < -0.3 is 5.32 Å². The molecule has 0 aromatic carbocycles. The number of hydrogen-bond acceptors (Lipinski definition) is 4. The maximum atomic E-state index is 9.30. The van der Waals surface area contributed by atoms with Gasteiger partial charge in [-0.3, -0.25) is 0 Å². The van der Waals surface area contributed by atoms with Crippen LogP contribution in [0.3, 0.4) is 0 Å². The molecule has 1 aliphatic rings. The molecule has 19 heavy (non-hydrogen) atoms. The van der Waals surface area contributed by atoms with Crippen LogP contribution in [0.15, 0.2) is 6.07 Å². The zero-order valence-corrected chi connectivity index (χ0v) is 12.7. The van der Waals surface area contributed by atoms with E-state index in [1.807, 2.05) is 31.7 Å². The molecule has 0 aliphatic heterocycles. The molecule has 1 N–H and O–H groups in total. The van der Waals surface area contributed by atoms with Gasteiger partial charge in [-0.25, -0.2) is 4.98 Å². The van der Waals surface area contributed by atoms with Crippen molar-refractivity contribution >= 4 is 17.6 Å². The summed E-state index contributed by atoms with van der Waals surface area (Å²) in [5, 5.41) is 13.5.